The Morgan fingerprint density at radius 3 is 2.50 bits per heavy atom. The molecular formula is C13H19Cl2N3. The summed E-state index contributed by atoms with van der Waals surface area (Å²) in [6, 6.07) is 8.78. The van der Waals surface area contributed by atoms with Gasteiger partial charge in [0.05, 0.1) is 0 Å². The van der Waals surface area contributed by atoms with E-state index in [1.165, 1.54) is 16.6 Å². The fraction of sp³-hybridized carbons (Fsp3) is 0.385. The Hall–Kier alpha value is -0.900. The third-order valence-electron chi connectivity index (χ3n) is 3.36. The quantitative estimate of drug-likeness (QED) is 0.869. The first-order chi connectivity index (χ1) is 7.86. The molecule has 1 aromatic heterocycles. The van der Waals surface area contributed by atoms with Crippen molar-refractivity contribution in [3.8, 4) is 0 Å². The van der Waals surface area contributed by atoms with Gasteiger partial charge in [-0.2, -0.15) is 0 Å². The van der Waals surface area contributed by atoms with Crippen LogP contribution in [0.3, 0.4) is 0 Å². The number of nitrogens with one attached hydrogen (secondary N) is 1. The largest absolute Gasteiger partial charge is 0.368 e. The van der Waals surface area contributed by atoms with Crippen LogP contribution in [0.25, 0.3) is 10.9 Å². The summed E-state index contributed by atoms with van der Waals surface area (Å²) in [5, 5.41) is 4.76. The van der Waals surface area contributed by atoms with Gasteiger partial charge >= 0.3 is 0 Å². The highest BCUT2D eigenvalue weighted by atomic mass is 35.5. The van der Waals surface area contributed by atoms with Gasteiger partial charge in [-0.15, -0.1) is 24.8 Å². The number of fused-ring (bicyclic) bond motifs is 1. The zero-order chi connectivity index (χ0) is 11.0. The molecular weight excluding hydrogens is 269 g/mol. The third-order valence-corrected chi connectivity index (χ3v) is 3.36. The summed E-state index contributed by atoms with van der Waals surface area (Å²) in [6.07, 6.45) is 2.14. The second-order valence-corrected chi connectivity index (χ2v) is 4.37. The molecule has 2 heterocycles. The molecule has 3 rings (SSSR count). The average molecular weight is 288 g/mol. The van der Waals surface area contributed by atoms with Crippen molar-refractivity contribution >= 4 is 41.4 Å². The summed E-state index contributed by atoms with van der Waals surface area (Å²) >= 11 is 0. The highest BCUT2D eigenvalue weighted by Gasteiger charge is 2.13. The van der Waals surface area contributed by atoms with Crippen molar-refractivity contribution in [2.75, 3.05) is 31.1 Å². The van der Waals surface area contributed by atoms with Crippen LogP contribution in [-0.2, 0) is 7.05 Å². The molecule has 1 aromatic carbocycles. The summed E-state index contributed by atoms with van der Waals surface area (Å²) in [5.74, 6) is 0. The summed E-state index contributed by atoms with van der Waals surface area (Å²) < 4.78 is 2.18. The highest BCUT2D eigenvalue weighted by molar-refractivity contribution is 5.93. The lowest BCUT2D eigenvalue weighted by Gasteiger charge is -2.30. The van der Waals surface area contributed by atoms with Gasteiger partial charge in [0, 0.05) is 56.0 Å². The van der Waals surface area contributed by atoms with Crippen LogP contribution in [0.2, 0.25) is 0 Å². The number of hydrogen-bond donors (Lipinski definition) is 1. The fourth-order valence-corrected chi connectivity index (χ4v) is 2.47. The van der Waals surface area contributed by atoms with Gasteiger partial charge in [0.2, 0.25) is 0 Å². The van der Waals surface area contributed by atoms with E-state index in [0.717, 1.165) is 26.2 Å². The second-order valence-electron chi connectivity index (χ2n) is 4.37. The van der Waals surface area contributed by atoms with Crippen LogP contribution in [-0.4, -0.2) is 30.7 Å². The zero-order valence-corrected chi connectivity index (χ0v) is 12.1. The average Bonchev–Trinajstić information content (AvgIpc) is 2.73. The summed E-state index contributed by atoms with van der Waals surface area (Å²) in [4.78, 5) is 2.47. The first-order valence-electron chi connectivity index (χ1n) is 5.86. The van der Waals surface area contributed by atoms with Gasteiger partial charge in [-0.25, -0.2) is 0 Å². The standard InChI is InChI=1S/C13H17N3.2ClH/c1-15-8-5-11-12(15)3-2-4-13(11)16-9-6-14-7-10-16;;/h2-5,8,14H,6-7,9-10H2,1H3;2*1H. The van der Waals surface area contributed by atoms with Crippen molar-refractivity contribution in [1.29, 1.82) is 0 Å². The monoisotopic (exact) mass is 287 g/mol. The SMILES string of the molecule is Cl.Cl.Cn1ccc2c(N3CCNCC3)cccc21. The van der Waals surface area contributed by atoms with E-state index < -0.39 is 0 Å². The zero-order valence-electron chi connectivity index (χ0n) is 10.4. The number of hydrogen-bond acceptors (Lipinski definition) is 2. The van der Waals surface area contributed by atoms with Crippen molar-refractivity contribution in [2.45, 2.75) is 0 Å². The molecule has 0 radical (unpaired) electrons. The molecule has 18 heavy (non-hydrogen) atoms. The van der Waals surface area contributed by atoms with E-state index in [2.05, 4.69) is 52.3 Å². The number of nitrogens with zero attached hydrogens (tertiary/aromatic N) is 2. The topological polar surface area (TPSA) is 20.2 Å². The first kappa shape index (κ1) is 15.2. The summed E-state index contributed by atoms with van der Waals surface area (Å²) in [7, 11) is 2.10. The minimum atomic E-state index is 0. The smallest absolute Gasteiger partial charge is 0.0498 e. The molecule has 0 amide bonds. The lowest BCUT2D eigenvalue weighted by atomic mass is 10.2. The van der Waals surface area contributed by atoms with Gasteiger partial charge in [0.15, 0.2) is 0 Å². The van der Waals surface area contributed by atoms with Gasteiger partial charge in [0.1, 0.15) is 0 Å². The number of halogens is 2. The van der Waals surface area contributed by atoms with Gasteiger partial charge in [-0.1, -0.05) is 6.07 Å². The molecule has 0 aliphatic carbocycles. The van der Waals surface area contributed by atoms with Gasteiger partial charge < -0.3 is 14.8 Å². The van der Waals surface area contributed by atoms with Crippen LogP contribution in [0.15, 0.2) is 30.5 Å². The Morgan fingerprint density at radius 1 is 1.06 bits per heavy atom. The van der Waals surface area contributed by atoms with Gasteiger partial charge in [-0.3, -0.25) is 0 Å². The number of anilines is 1. The molecule has 100 valence electrons. The molecule has 0 unspecified atom stereocenters. The minimum Gasteiger partial charge on any atom is -0.368 e. The fourth-order valence-electron chi connectivity index (χ4n) is 2.47. The predicted octanol–water partition coefficient (Wildman–Crippen LogP) is 2.43. The molecule has 3 nitrogen and oxygen atoms in total. The highest BCUT2D eigenvalue weighted by Crippen LogP contribution is 2.27. The Kier molecular flexibility index (Phi) is 5.32. The number of aryl methyl sites for hydroxylation is 1. The maximum atomic E-state index is 3.39. The minimum absolute atomic E-state index is 0. The molecule has 2 aromatic rings. The number of benzene rings is 1. The van der Waals surface area contributed by atoms with Crippen LogP contribution < -0.4 is 10.2 Å². The second kappa shape index (κ2) is 6.32. The van der Waals surface area contributed by atoms with Crippen molar-refractivity contribution < 1.29 is 0 Å². The van der Waals surface area contributed by atoms with E-state index in [4.69, 9.17) is 0 Å². The van der Waals surface area contributed by atoms with E-state index in [1.807, 2.05) is 0 Å². The number of aromatic nitrogens is 1. The predicted molar refractivity (Wildman–Crippen MR) is 82.5 cm³/mol. The van der Waals surface area contributed by atoms with E-state index in [-0.39, 0.29) is 24.8 Å². The maximum Gasteiger partial charge on any atom is 0.0498 e. The van der Waals surface area contributed by atoms with E-state index >= 15 is 0 Å². The van der Waals surface area contributed by atoms with Crippen LogP contribution in [0.1, 0.15) is 0 Å². The Balaban J connectivity index is 0.000000810. The third kappa shape index (κ3) is 2.58. The molecule has 1 N–H and O–H groups in total. The van der Waals surface area contributed by atoms with Crippen molar-refractivity contribution in [3.63, 3.8) is 0 Å². The Morgan fingerprint density at radius 2 is 1.78 bits per heavy atom. The van der Waals surface area contributed by atoms with Crippen molar-refractivity contribution in [3.05, 3.63) is 30.5 Å². The van der Waals surface area contributed by atoms with E-state index in [9.17, 15) is 0 Å². The van der Waals surface area contributed by atoms with Crippen molar-refractivity contribution in [2.24, 2.45) is 7.05 Å². The van der Waals surface area contributed by atoms with Crippen LogP contribution in [0.4, 0.5) is 5.69 Å². The van der Waals surface area contributed by atoms with Gasteiger partial charge in [-0.05, 0) is 18.2 Å². The molecule has 0 bridgehead atoms. The lowest BCUT2D eigenvalue weighted by Crippen LogP contribution is -2.43. The van der Waals surface area contributed by atoms with E-state index in [0.29, 0.717) is 0 Å². The Bertz CT molecular complexity index is 504. The molecule has 1 aliphatic heterocycles. The maximum absolute atomic E-state index is 3.39. The molecule has 1 fully saturated rings. The van der Waals surface area contributed by atoms with Gasteiger partial charge in [0.25, 0.3) is 0 Å². The molecule has 0 saturated carbocycles. The number of rotatable bonds is 1. The molecule has 5 heteroatoms. The Labute approximate surface area is 120 Å². The molecule has 1 saturated heterocycles. The van der Waals surface area contributed by atoms with Crippen LogP contribution >= 0.6 is 24.8 Å². The normalized spacial score (nSPS) is 15.1. The summed E-state index contributed by atoms with van der Waals surface area (Å²) in [6.45, 7) is 4.38. The summed E-state index contributed by atoms with van der Waals surface area (Å²) in [5.41, 5.74) is 2.69. The number of piperazine rings is 1. The lowest BCUT2D eigenvalue weighted by molar-refractivity contribution is 0.590. The first-order valence-corrected chi connectivity index (χ1v) is 5.86. The molecule has 1 aliphatic rings. The van der Waals surface area contributed by atoms with E-state index in [1.54, 1.807) is 0 Å². The van der Waals surface area contributed by atoms with Crippen molar-refractivity contribution in [1.82, 2.24) is 9.88 Å². The van der Waals surface area contributed by atoms with Crippen LogP contribution in [0.5, 0.6) is 0 Å². The molecule has 0 atom stereocenters. The van der Waals surface area contributed by atoms with Crippen LogP contribution in [0, 0.1) is 0 Å². The molecule has 0 spiro atoms.